The van der Waals surface area contributed by atoms with E-state index in [4.69, 9.17) is 4.74 Å². The fraction of sp³-hybridized carbons (Fsp3) is 0.267. The summed E-state index contributed by atoms with van der Waals surface area (Å²) in [6, 6.07) is 10.3. The minimum absolute atomic E-state index is 0.0158. The third kappa shape index (κ3) is 3.29. The van der Waals surface area contributed by atoms with Gasteiger partial charge in [0, 0.05) is 6.20 Å². The Morgan fingerprint density at radius 3 is 2.84 bits per heavy atom. The number of aromatic nitrogens is 1. The Morgan fingerprint density at radius 2 is 2.16 bits per heavy atom. The van der Waals surface area contributed by atoms with Crippen LogP contribution in [0.25, 0.3) is 0 Å². The van der Waals surface area contributed by atoms with E-state index in [1.807, 2.05) is 25.2 Å². The van der Waals surface area contributed by atoms with Crippen LogP contribution in [-0.4, -0.2) is 19.1 Å². The summed E-state index contributed by atoms with van der Waals surface area (Å²) in [5, 5.41) is 3.20. The molecule has 0 saturated heterocycles. The van der Waals surface area contributed by atoms with E-state index in [-0.39, 0.29) is 11.9 Å². The fourth-order valence-corrected chi connectivity index (χ4v) is 2.07. The van der Waals surface area contributed by atoms with E-state index in [1.165, 1.54) is 6.07 Å². The highest BCUT2D eigenvalue weighted by molar-refractivity contribution is 5.31. The van der Waals surface area contributed by atoms with Crippen LogP contribution in [0.3, 0.4) is 0 Å². The number of methoxy groups -OCH3 is 1. The number of rotatable bonds is 5. The summed E-state index contributed by atoms with van der Waals surface area (Å²) < 4.78 is 18.5. The van der Waals surface area contributed by atoms with Crippen molar-refractivity contribution in [2.24, 2.45) is 0 Å². The number of likely N-dealkylation sites (N-methyl/N-ethyl adjacent to an activating group) is 1. The van der Waals surface area contributed by atoms with Gasteiger partial charge in [-0.05, 0) is 43.3 Å². The van der Waals surface area contributed by atoms with E-state index in [0.717, 1.165) is 17.0 Å². The fourth-order valence-electron chi connectivity index (χ4n) is 2.07. The topological polar surface area (TPSA) is 34.2 Å². The lowest BCUT2D eigenvalue weighted by Gasteiger charge is -2.18. The number of halogens is 1. The third-order valence-corrected chi connectivity index (χ3v) is 3.03. The molecule has 0 spiro atoms. The van der Waals surface area contributed by atoms with Crippen LogP contribution in [0.1, 0.15) is 17.3 Å². The molecule has 2 aromatic rings. The number of benzene rings is 1. The first-order chi connectivity index (χ1) is 9.24. The SMILES string of the molecule is CNC(Cc1cccc(F)c1)c1ncccc1OC. The van der Waals surface area contributed by atoms with Gasteiger partial charge in [0.15, 0.2) is 0 Å². The second-order valence-electron chi connectivity index (χ2n) is 4.27. The summed E-state index contributed by atoms with van der Waals surface area (Å²) in [5.74, 6) is 0.513. The van der Waals surface area contributed by atoms with Gasteiger partial charge >= 0.3 is 0 Å². The van der Waals surface area contributed by atoms with Crippen LogP contribution >= 0.6 is 0 Å². The Bertz CT molecular complexity index is 545. The highest BCUT2D eigenvalue weighted by Gasteiger charge is 2.16. The lowest BCUT2D eigenvalue weighted by Crippen LogP contribution is -2.20. The second kappa shape index (κ2) is 6.29. The molecule has 0 bridgehead atoms. The van der Waals surface area contributed by atoms with E-state index >= 15 is 0 Å². The molecule has 1 aromatic carbocycles. The maximum Gasteiger partial charge on any atom is 0.141 e. The average molecular weight is 260 g/mol. The first-order valence-electron chi connectivity index (χ1n) is 6.15. The molecule has 1 aromatic heterocycles. The molecule has 4 heteroatoms. The number of hydrogen-bond donors (Lipinski definition) is 1. The van der Waals surface area contributed by atoms with Crippen LogP contribution in [0, 0.1) is 5.82 Å². The molecule has 0 aliphatic heterocycles. The van der Waals surface area contributed by atoms with Gasteiger partial charge in [-0.2, -0.15) is 0 Å². The van der Waals surface area contributed by atoms with Crippen molar-refractivity contribution in [1.82, 2.24) is 10.3 Å². The van der Waals surface area contributed by atoms with E-state index in [9.17, 15) is 4.39 Å². The maximum atomic E-state index is 13.2. The molecule has 3 nitrogen and oxygen atoms in total. The Labute approximate surface area is 112 Å². The largest absolute Gasteiger partial charge is 0.495 e. The zero-order chi connectivity index (χ0) is 13.7. The number of pyridine rings is 1. The summed E-state index contributed by atoms with van der Waals surface area (Å²) >= 11 is 0. The predicted molar refractivity (Wildman–Crippen MR) is 72.7 cm³/mol. The van der Waals surface area contributed by atoms with E-state index in [0.29, 0.717) is 6.42 Å². The minimum Gasteiger partial charge on any atom is -0.495 e. The van der Waals surface area contributed by atoms with Gasteiger partial charge in [0.05, 0.1) is 18.8 Å². The van der Waals surface area contributed by atoms with Crippen LogP contribution in [0.4, 0.5) is 4.39 Å². The van der Waals surface area contributed by atoms with Gasteiger partial charge in [0.2, 0.25) is 0 Å². The van der Waals surface area contributed by atoms with Crippen LogP contribution in [0.15, 0.2) is 42.6 Å². The molecule has 0 aliphatic carbocycles. The van der Waals surface area contributed by atoms with Crippen molar-refractivity contribution >= 4 is 0 Å². The third-order valence-electron chi connectivity index (χ3n) is 3.03. The molecule has 2 rings (SSSR count). The van der Waals surface area contributed by atoms with E-state index in [2.05, 4.69) is 10.3 Å². The second-order valence-corrected chi connectivity index (χ2v) is 4.27. The Kier molecular flexibility index (Phi) is 4.47. The molecule has 0 saturated carbocycles. The van der Waals surface area contributed by atoms with Crippen LogP contribution in [-0.2, 0) is 6.42 Å². The number of nitrogens with zero attached hydrogens (tertiary/aromatic N) is 1. The Hall–Kier alpha value is -1.94. The van der Waals surface area contributed by atoms with Gasteiger partial charge in [-0.15, -0.1) is 0 Å². The monoisotopic (exact) mass is 260 g/mol. The zero-order valence-electron chi connectivity index (χ0n) is 11.1. The van der Waals surface area contributed by atoms with Crippen molar-refractivity contribution in [2.45, 2.75) is 12.5 Å². The van der Waals surface area contributed by atoms with Crippen LogP contribution < -0.4 is 10.1 Å². The summed E-state index contributed by atoms with van der Waals surface area (Å²) in [5.41, 5.74) is 1.75. The standard InChI is InChI=1S/C15H17FN2O/c1-17-13(10-11-5-3-6-12(16)9-11)15-14(19-2)7-4-8-18-15/h3-9,13,17H,10H2,1-2H3. The molecule has 0 radical (unpaired) electrons. The van der Waals surface area contributed by atoms with Gasteiger partial charge in [0.1, 0.15) is 11.6 Å². The lowest BCUT2D eigenvalue weighted by molar-refractivity contribution is 0.396. The molecular weight excluding hydrogens is 243 g/mol. The Morgan fingerprint density at radius 1 is 1.32 bits per heavy atom. The summed E-state index contributed by atoms with van der Waals surface area (Å²) in [6.45, 7) is 0. The van der Waals surface area contributed by atoms with Gasteiger partial charge in [-0.25, -0.2) is 4.39 Å². The van der Waals surface area contributed by atoms with Gasteiger partial charge in [0.25, 0.3) is 0 Å². The average Bonchev–Trinajstić information content (AvgIpc) is 2.45. The summed E-state index contributed by atoms with van der Waals surface area (Å²) in [4.78, 5) is 4.36. The highest BCUT2D eigenvalue weighted by Crippen LogP contribution is 2.25. The molecule has 0 amide bonds. The molecule has 1 atom stereocenters. The smallest absolute Gasteiger partial charge is 0.141 e. The number of hydrogen-bond acceptors (Lipinski definition) is 3. The summed E-state index contributed by atoms with van der Waals surface area (Å²) in [7, 11) is 3.48. The van der Waals surface area contributed by atoms with Crippen molar-refractivity contribution in [3.8, 4) is 5.75 Å². The molecule has 1 unspecified atom stereocenters. The van der Waals surface area contributed by atoms with Gasteiger partial charge in [-0.1, -0.05) is 12.1 Å². The van der Waals surface area contributed by atoms with Crippen molar-refractivity contribution in [3.05, 3.63) is 59.7 Å². The quantitative estimate of drug-likeness (QED) is 0.897. The molecule has 0 fully saturated rings. The normalized spacial score (nSPS) is 12.2. The minimum atomic E-state index is -0.222. The molecule has 1 heterocycles. The molecule has 19 heavy (non-hydrogen) atoms. The van der Waals surface area contributed by atoms with Crippen molar-refractivity contribution in [1.29, 1.82) is 0 Å². The van der Waals surface area contributed by atoms with Crippen LogP contribution in [0.2, 0.25) is 0 Å². The predicted octanol–water partition coefficient (Wildman–Crippen LogP) is 2.73. The van der Waals surface area contributed by atoms with Crippen molar-refractivity contribution < 1.29 is 9.13 Å². The first-order valence-corrected chi connectivity index (χ1v) is 6.15. The van der Waals surface area contributed by atoms with Gasteiger partial charge in [-0.3, -0.25) is 4.98 Å². The molecule has 0 aliphatic rings. The van der Waals surface area contributed by atoms with E-state index < -0.39 is 0 Å². The highest BCUT2D eigenvalue weighted by atomic mass is 19.1. The molecule has 1 N–H and O–H groups in total. The lowest BCUT2D eigenvalue weighted by atomic mass is 10.0. The van der Waals surface area contributed by atoms with Crippen LogP contribution in [0.5, 0.6) is 5.75 Å². The van der Waals surface area contributed by atoms with Crippen molar-refractivity contribution in [3.63, 3.8) is 0 Å². The van der Waals surface area contributed by atoms with Crippen molar-refractivity contribution in [2.75, 3.05) is 14.2 Å². The Balaban J connectivity index is 2.25. The molecule has 100 valence electrons. The zero-order valence-corrected chi connectivity index (χ0v) is 11.1. The van der Waals surface area contributed by atoms with Gasteiger partial charge < -0.3 is 10.1 Å². The summed E-state index contributed by atoms with van der Waals surface area (Å²) in [6.07, 6.45) is 2.38. The molecular formula is C15H17FN2O. The number of nitrogens with one attached hydrogen (secondary N) is 1. The first kappa shape index (κ1) is 13.5. The maximum absolute atomic E-state index is 13.2. The number of ether oxygens (including phenoxy) is 1. The van der Waals surface area contributed by atoms with E-state index in [1.54, 1.807) is 25.4 Å².